The van der Waals surface area contributed by atoms with Crippen LogP contribution in [0.1, 0.15) is 44.4 Å². The van der Waals surface area contributed by atoms with E-state index >= 15 is 0 Å². The van der Waals surface area contributed by atoms with Gasteiger partial charge in [0.25, 0.3) is 0 Å². The lowest BCUT2D eigenvalue weighted by Gasteiger charge is -2.35. The average molecular weight is 355 g/mol. The van der Waals surface area contributed by atoms with E-state index in [-0.39, 0.29) is 30.2 Å². The highest BCUT2D eigenvalue weighted by Gasteiger charge is 2.47. The third-order valence-electron chi connectivity index (χ3n) is 4.61. The molecule has 26 heavy (non-hydrogen) atoms. The summed E-state index contributed by atoms with van der Waals surface area (Å²) < 4.78 is 4.95. The summed E-state index contributed by atoms with van der Waals surface area (Å²) in [6, 6.07) is 11.7. The molecule has 138 valence electrons. The molecular weight excluding hydrogens is 330 g/mol. The van der Waals surface area contributed by atoms with E-state index in [9.17, 15) is 9.59 Å². The molecule has 6 heteroatoms. The van der Waals surface area contributed by atoms with E-state index in [2.05, 4.69) is 22.6 Å². The van der Waals surface area contributed by atoms with Crippen LogP contribution < -0.4 is 5.32 Å². The van der Waals surface area contributed by atoms with Crippen molar-refractivity contribution in [1.82, 2.24) is 10.1 Å². The van der Waals surface area contributed by atoms with E-state index in [1.54, 1.807) is 17.9 Å². The van der Waals surface area contributed by atoms with Gasteiger partial charge in [-0.25, -0.2) is 0 Å². The van der Waals surface area contributed by atoms with Crippen molar-refractivity contribution in [3.63, 3.8) is 0 Å². The Morgan fingerprint density at radius 2 is 1.96 bits per heavy atom. The maximum Gasteiger partial charge on any atom is 0.245 e. The van der Waals surface area contributed by atoms with Gasteiger partial charge in [0.1, 0.15) is 12.3 Å². The summed E-state index contributed by atoms with van der Waals surface area (Å²) in [5.74, 6) is 0.917. The van der Waals surface area contributed by atoms with Crippen molar-refractivity contribution in [1.29, 1.82) is 0 Å². The molecule has 1 N–H and O–H groups in total. The minimum absolute atomic E-state index is 0.00769. The molecule has 1 aromatic carbocycles. The van der Waals surface area contributed by atoms with E-state index in [0.29, 0.717) is 11.6 Å². The van der Waals surface area contributed by atoms with Crippen molar-refractivity contribution in [3.8, 4) is 0 Å². The molecule has 2 aromatic rings. The smallest absolute Gasteiger partial charge is 0.245 e. The zero-order chi connectivity index (χ0) is 18.9. The van der Waals surface area contributed by atoms with Gasteiger partial charge in [0.2, 0.25) is 11.8 Å². The van der Waals surface area contributed by atoms with E-state index in [4.69, 9.17) is 4.52 Å². The van der Waals surface area contributed by atoms with Crippen molar-refractivity contribution < 1.29 is 14.1 Å². The van der Waals surface area contributed by atoms with E-state index in [0.717, 1.165) is 6.42 Å². The number of aryl methyl sites for hydroxylation is 1. The number of rotatable bonds is 5. The van der Waals surface area contributed by atoms with Gasteiger partial charge in [0, 0.05) is 17.5 Å². The lowest BCUT2D eigenvalue weighted by Crippen LogP contribution is -2.50. The second-order valence-electron chi connectivity index (χ2n) is 7.83. The highest BCUT2D eigenvalue weighted by atomic mass is 16.5. The fraction of sp³-hybridized carbons (Fsp3) is 0.450. The quantitative estimate of drug-likeness (QED) is 0.892. The number of carbonyl (C=O) groups is 2. The maximum atomic E-state index is 13.0. The third-order valence-corrected chi connectivity index (χ3v) is 4.61. The predicted octanol–water partition coefficient (Wildman–Crippen LogP) is 3.35. The summed E-state index contributed by atoms with van der Waals surface area (Å²) in [5, 5.41) is 6.44. The van der Waals surface area contributed by atoms with Gasteiger partial charge in [-0.15, -0.1) is 0 Å². The molecule has 6 nitrogen and oxygen atoms in total. The monoisotopic (exact) mass is 355 g/mol. The standard InChI is InChI=1S/C20H25N3O3/c1-13-10-17(22-26-13)21-18(24)12-23(20(2,3)4)19(25)16-11-15(16)14-8-6-5-7-9-14/h5-10,15-16H,11-12H2,1-4H3,(H,21,22,24). The third kappa shape index (κ3) is 4.12. The zero-order valence-electron chi connectivity index (χ0n) is 15.7. The van der Waals surface area contributed by atoms with Crippen LogP contribution in [0, 0.1) is 12.8 Å². The highest BCUT2D eigenvalue weighted by Crippen LogP contribution is 2.49. The summed E-state index contributed by atoms with van der Waals surface area (Å²) >= 11 is 0. The number of hydrogen-bond acceptors (Lipinski definition) is 4. The van der Waals surface area contributed by atoms with Gasteiger partial charge in [0.05, 0.1) is 0 Å². The summed E-state index contributed by atoms with van der Waals surface area (Å²) in [7, 11) is 0. The fourth-order valence-electron chi connectivity index (χ4n) is 3.13. The van der Waals surface area contributed by atoms with Crippen LogP contribution in [-0.4, -0.2) is 34.0 Å². The van der Waals surface area contributed by atoms with Crippen LogP contribution in [0.15, 0.2) is 40.9 Å². The van der Waals surface area contributed by atoms with Crippen molar-refractivity contribution in [3.05, 3.63) is 47.7 Å². The van der Waals surface area contributed by atoms with Gasteiger partial charge in [-0.05, 0) is 45.6 Å². The van der Waals surface area contributed by atoms with Gasteiger partial charge in [-0.1, -0.05) is 35.5 Å². The summed E-state index contributed by atoms with van der Waals surface area (Å²) in [4.78, 5) is 27.1. The lowest BCUT2D eigenvalue weighted by atomic mass is 10.0. The minimum Gasteiger partial charge on any atom is -0.360 e. The van der Waals surface area contributed by atoms with E-state index in [1.807, 2.05) is 39.0 Å². The molecule has 1 aromatic heterocycles. The molecule has 1 heterocycles. The largest absolute Gasteiger partial charge is 0.360 e. The summed E-state index contributed by atoms with van der Waals surface area (Å²) in [6.07, 6.45) is 0.833. The van der Waals surface area contributed by atoms with Crippen LogP contribution in [0.4, 0.5) is 5.82 Å². The van der Waals surface area contributed by atoms with Crippen LogP contribution in [0.25, 0.3) is 0 Å². The molecule has 0 saturated heterocycles. The molecule has 3 rings (SSSR count). The Hall–Kier alpha value is -2.63. The highest BCUT2D eigenvalue weighted by molar-refractivity contribution is 5.95. The second kappa shape index (κ2) is 6.94. The Morgan fingerprint density at radius 3 is 2.54 bits per heavy atom. The molecule has 0 spiro atoms. The molecule has 1 aliphatic rings. The first-order valence-electron chi connectivity index (χ1n) is 8.85. The minimum atomic E-state index is -0.446. The van der Waals surface area contributed by atoms with Crippen molar-refractivity contribution in [2.24, 2.45) is 5.92 Å². The topological polar surface area (TPSA) is 75.4 Å². The summed E-state index contributed by atoms with van der Waals surface area (Å²) in [6.45, 7) is 7.58. The molecule has 0 aliphatic heterocycles. The first-order valence-corrected chi connectivity index (χ1v) is 8.85. The SMILES string of the molecule is Cc1cc(NC(=O)CN(C(=O)C2CC2c2ccccc2)C(C)(C)C)no1. The van der Waals surface area contributed by atoms with Crippen LogP contribution in [0.3, 0.4) is 0 Å². The van der Waals surface area contributed by atoms with Crippen LogP contribution in [0.5, 0.6) is 0 Å². The molecule has 0 radical (unpaired) electrons. The molecule has 1 saturated carbocycles. The molecule has 2 atom stereocenters. The molecule has 0 bridgehead atoms. The van der Waals surface area contributed by atoms with Crippen molar-refractivity contribution in [2.45, 2.75) is 45.6 Å². The van der Waals surface area contributed by atoms with Gasteiger partial charge >= 0.3 is 0 Å². The first-order chi connectivity index (χ1) is 12.3. The van der Waals surface area contributed by atoms with E-state index < -0.39 is 5.54 Å². The molecule has 2 amide bonds. The Kier molecular flexibility index (Phi) is 4.85. The lowest BCUT2D eigenvalue weighted by molar-refractivity contribution is -0.140. The Morgan fingerprint density at radius 1 is 1.27 bits per heavy atom. The number of aromatic nitrogens is 1. The summed E-state index contributed by atoms with van der Waals surface area (Å²) in [5.41, 5.74) is 0.736. The van der Waals surface area contributed by atoms with E-state index in [1.165, 1.54) is 5.56 Å². The van der Waals surface area contributed by atoms with Crippen LogP contribution in [-0.2, 0) is 9.59 Å². The van der Waals surface area contributed by atoms with Crippen molar-refractivity contribution in [2.75, 3.05) is 11.9 Å². The number of anilines is 1. The average Bonchev–Trinajstić information content (AvgIpc) is 3.28. The molecule has 1 aliphatic carbocycles. The number of nitrogens with one attached hydrogen (secondary N) is 1. The number of benzene rings is 1. The van der Waals surface area contributed by atoms with Gasteiger partial charge < -0.3 is 14.7 Å². The number of hydrogen-bond donors (Lipinski definition) is 1. The van der Waals surface area contributed by atoms with Crippen LogP contribution >= 0.6 is 0 Å². The van der Waals surface area contributed by atoms with Gasteiger partial charge in [-0.3, -0.25) is 9.59 Å². The Labute approximate surface area is 153 Å². The Bertz CT molecular complexity index is 792. The first kappa shape index (κ1) is 18.2. The second-order valence-corrected chi connectivity index (χ2v) is 7.83. The number of nitrogens with zero attached hydrogens (tertiary/aromatic N) is 2. The predicted molar refractivity (Wildman–Crippen MR) is 98.6 cm³/mol. The molecular formula is C20H25N3O3. The molecule has 2 unspecified atom stereocenters. The van der Waals surface area contributed by atoms with Crippen molar-refractivity contribution >= 4 is 17.6 Å². The number of amides is 2. The maximum absolute atomic E-state index is 13.0. The van der Waals surface area contributed by atoms with Gasteiger partial charge in [0.15, 0.2) is 5.82 Å². The fourth-order valence-corrected chi connectivity index (χ4v) is 3.13. The zero-order valence-corrected chi connectivity index (χ0v) is 15.7. The van der Waals surface area contributed by atoms with Gasteiger partial charge in [-0.2, -0.15) is 0 Å². The normalized spacial score (nSPS) is 19.1. The Balaban J connectivity index is 1.66. The number of carbonyl (C=O) groups excluding carboxylic acids is 2. The van der Waals surface area contributed by atoms with Crippen LogP contribution in [0.2, 0.25) is 0 Å². The molecule has 1 fully saturated rings.